The molecule has 2 N–H and O–H groups in total. The van der Waals surface area contributed by atoms with Crippen molar-refractivity contribution < 1.29 is 0 Å². The lowest BCUT2D eigenvalue weighted by Crippen LogP contribution is -2.33. The predicted octanol–water partition coefficient (Wildman–Crippen LogP) is 4.03. The topological polar surface area (TPSA) is 49.8 Å². The van der Waals surface area contributed by atoms with Crippen LogP contribution in [0.1, 0.15) is 38.0 Å². The largest absolute Gasteiger partial charge is 0.369 e. The molecular weight excluding hydrogens is 268 g/mol. The van der Waals surface area contributed by atoms with Crippen molar-refractivity contribution >= 4 is 33.3 Å². The van der Waals surface area contributed by atoms with Crippen LogP contribution in [0.15, 0.2) is 6.07 Å². The van der Waals surface area contributed by atoms with E-state index in [1.165, 1.54) is 24.1 Å². The van der Waals surface area contributed by atoms with Gasteiger partial charge in [-0.2, -0.15) is 4.98 Å². The molecule has 0 bridgehead atoms. The Morgan fingerprint density at radius 1 is 1.30 bits per heavy atom. The molecule has 1 aliphatic rings. The Bertz CT molecular complexity index is 616. The van der Waals surface area contributed by atoms with Gasteiger partial charge in [-0.15, -0.1) is 11.3 Å². The second-order valence-electron chi connectivity index (χ2n) is 6.02. The molecule has 2 aromatic heterocycles. The zero-order chi connectivity index (χ0) is 14.2. The number of fused-ring (bicyclic) bond motifs is 1. The number of anilines is 2. The molecule has 4 nitrogen and oxygen atoms in total. The molecule has 20 heavy (non-hydrogen) atoms. The van der Waals surface area contributed by atoms with E-state index in [4.69, 9.17) is 0 Å². The lowest BCUT2D eigenvalue weighted by molar-refractivity contribution is 0.180. The first-order valence-electron chi connectivity index (χ1n) is 7.35. The summed E-state index contributed by atoms with van der Waals surface area (Å²) in [6.45, 7) is 8.38. The number of aryl methyl sites for hydroxylation is 1. The summed E-state index contributed by atoms with van der Waals surface area (Å²) in [6, 6.07) is 2.18. The Morgan fingerprint density at radius 2 is 2.10 bits per heavy atom. The van der Waals surface area contributed by atoms with Gasteiger partial charge in [-0.3, -0.25) is 0 Å². The molecule has 1 aliphatic carbocycles. The lowest BCUT2D eigenvalue weighted by Gasteiger charge is -2.38. The van der Waals surface area contributed by atoms with Crippen molar-refractivity contribution in [3.8, 4) is 0 Å². The maximum Gasteiger partial charge on any atom is 0.226 e. The summed E-state index contributed by atoms with van der Waals surface area (Å²) in [6.07, 6.45) is 3.99. The molecule has 1 fully saturated rings. The van der Waals surface area contributed by atoms with E-state index in [-0.39, 0.29) is 0 Å². The van der Waals surface area contributed by atoms with Crippen LogP contribution in [0, 0.1) is 12.3 Å². The van der Waals surface area contributed by atoms with E-state index < -0.39 is 0 Å². The van der Waals surface area contributed by atoms with E-state index in [0.717, 1.165) is 35.1 Å². The summed E-state index contributed by atoms with van der Waals surface area (Å²) in [5.41, 5.74) is 0.445. The van der Waals surface area contributed by atoms with Gasteiger partial charge in [0.2, 0.25) is 5.95 Å². The minimum absolute atomic E-state index is 0.445. The molecule has 0 unspecified atom stereocenters. The molecule has 0 saturated heterocycles. The number of nitrogens with zero attached hydrogens (tertiary/aromatic N) is 2. The SMILES string of the molecule is CCNc1nc(NCC2(C)CCC2)c2cc(C)sc2n1. The third kappa shape index (κ3) is 2.59. The normalized spacial score (nSPS) is 16.9. The summed E-state index contributed by atoms with van der Waals surface area (Å²) < 4.78 is 0. The van der Waals surface area contributed by atoms with Crippen LogP contribution in [-0.2, 0) is 0 Å². The lowest BCUT2D eigenvalue weighted by atomic mass is 9.70. The van der Waals surface area contributed by atoms with Crippen molar-refractivity contribution in [2.45, 2.75) is 40.0 Å². The van der Waals surface area contributed by atoms with E-state index in [1.54, 1.807) is 11.3 Å². The molecule has 0 radical (unpaired) electrons. The molecule has 2 aromatic rings. The van der Waals surface area contributed by atoms with Gasteiger partial charge in [0, 0.05) is 18.0 Å². The van der Waals surface area contributed by atoms with Gasteiger partial charge in [0.25, 0.3) is 0 Å². The number of hydrogen-bond acceptors (Lipinski definition) is 5. The number of nitrogens with one attached hydrogen (secondary N) is 2. The third-order valence-electron chi connectivity index (χ3n) is 4.09. The molecule has 0 atom stereocenters. The highest BCUT2D eigenvalue weighted by atomic mass is 32.1. The highest BCUT2D eigenvalue weighted by Gasteiger charge is 2.31. The van der Waals surface area contributed by atoms with Crippen molar-refractivity contribution in [2.24, 2.45) is 5.41 Å². The molecule has 0 aliphatic heterocycles. The fourth-order valence-electron chi connectivity index (χ4n) is 2.67. The summed E-state index contributed by atoms with van der Waals surface area (Å²) in [5.74, 6) is 1.70. The number of rotatable bonds is 5. The minimum atomic E-state index is 0.445. The van der Waals surface area contributed by atoms with Gasteiger partial charge in [-0.05, 0) is 38.2 Å². The van der Waals surface area contributed by atoms with Crippen LogP contribution in [0.4, 0.5) is 11.8 Å². The molecule has 0 amide bonds. The second-order valence-corrected chi connectivity index (χ2v) is 7.25. The van der Waals surface area contributed by atoms with Crippen molar-refractivity contribution in [3.05, 3.63) is 10.9 Å². The van der Waals surface area contributed by atoms with E-state index in [9.17, 15) is 0 Å². The average Bonchev–Trinajstić information content (AvgIpc) is 2.74. The molecule has 2 heterocycles. The van der Waals surface area contributed by atoms with Crippen molar-refractivity contribution in [1.82, 2.24) is 9.97 Å². The van der Waals surface area contributed by atoms with Crippen molar-refractivity contribution in [2.75, 3.05) is 23.7 Å². The first-order valence-corrected chi connectivity index (χ1v) is 8.17. The quantitative estimate of drug-likeness (QED) is 0.872. The number of thiophene rings is 1. The van der Waals surface area contributed by atoms with Gasteiger partial charge in [-0.1, -0.05) is 13.3 Å². The van der Waals surface area contributed by atoms with Gasteiger partial charge in [0.15, 0.2) is 0 Å². The maximum atomic E-state index is 4.64. The molecule has 1 saturated carbocycles. The maximum absolute atomic E-state index is 4.64. The van der Waals surface area contributed by atoms with Gasteiger partial charge < -0.3 is 10.6 Å². The van der Waals surface area contributed by atoms with Crippen LogP contribution in [0.3, 0.4) is 0 Å². The highest BCUT2D eigenvalue weighted by molar-refractivity contribution is 7.18. The highest BCUT2D eigenvalue weighted by Crippen LogP contribution is 2.40. The van der Waals surface area contributed by atoms with Crippen LogP contribution < -0.4 is 10.6 Å². The third-order valence-corrected chi connectivity index (χ3v) is 5.04. The Hall–Kier alpha value is -1.36. The molecule has 3 rings (SSSR count). The molecule has 0 spiro atoms. The Kier molecular flexibility index (Phi) is 3.54. The molecule has 5 heteroatoms. The van der Waals surface area contributed by atoms with Crippen LogP contribution >= 0.6 is 11.3 Å². The molecule has 0 aromatic carbocycles. The standard InChI is InChI=1S/C15H22N4S/c1-4-16-14-18-12(17-9-15(3)6-5-7-15)11-8-10(2)20-13(11)19-14/h8H,4-7,9H2,1-3H3,(H2,16,17,18,19). The number of hydrogen-bond donors (Lipinski definition) is 2. The van der Waals surface area contributed by atoms with E-state index in [1.807, 2.05) is 0 Å². The minimum Gasteiger partial charge on any atom is -0.369 e. The molecule has 108 valence electrons. The van der Waals surface area contributed by atoms with Gasteiger partial charge in [0.1, 0.15) is 10.6 Å². The zero-order valence-electron chi connectivity index (χ0n) is 12.4. The van der Waals surface area contributed by atoms with Gasteiger partial charge >= 0.3 is 0 Å². The Labute approximate surface area is 124 Å². The van der Waals surface area contributed by atoms with E-state index in [2.05, 4.69) is 47.4 Å². The van der Waals surface area contributed by atoms with Crippen LogP contribution in [0.5, 0.6) is 0 Å². The van der Waals surface area contributed by atoms with Crippen molar-refractivity contribution in [3.63, 3.8) is 0 Å². The first-order chi connectivity index (χ1) is 9.59. The van der Waals surface area contributed by atoms with E-state index in [0.29, 0.717) is 5.41 Å². The van der Waals surface area contributed by atoms with Crippen molar-refractivity contribution in [1.29, 1.82) is 0 Å². The van der Waals surface area contributed by atoms with Crippen LogP contribution in [0.25, 0.3) is 10.2 Å². The molecular formula is C15H22N4S. The summed E-state index contributed by atoms with van der Waals surface area (Å²) in [7, 11) is 0. The van der Waals surface area contributed by atoms with Crippen LogP contribution in [0.2, 0.25) is 0 Å². The fourth-order valence-corrected chi connectivity index (χ4v) is 3.55. The Morgan fingerprint density at radius 3 is 2.75 bits per heavy atom. The van der Waals surface area contributed by atoms with Gasteiger partial charge in [0.05, 0.1) is 5.39 Å². The second kappa shape index (κ2) is 5.20. The zero-order valence-corrected chi connectivity index (χ0v) is 13.2. The Balaban J connectivity index is 1.89. The van der Waals surface area contributed by atoms with Crippen LogP contribution in [-0.4, -0.2) is 23.1 Å². The monoisotopic (exact) mass is 290 g/mol. The smallest absolute Gasteiger partial charge is 0.226 e. The first kappa shape index (κ1) is 13.6. The summed E-state index contributed by atoms with van der Waals surface area (Å²) in [4.78, 5) is 11.6. The fraction of sp³-hybridized carbons (Fsp3) is 0.600. The summed E-state index contributed by atoms with van der Waals surface area (Å²) in [5, 5.41) is 7.93. The number of aromatic nitrogens is 2. The summed E-state index contributed by atoms with van der Waals surface area (Å²) >= 11 is 1.73. The van der Waals surface area contributed by atoms with Gasteiger partial charge in [-0.25, -0.2) is 4.98 Å². The predicted molar refractivity (Wildman–Crippen MR) is 86.8 cm³/mol. The average molecular weight is 290 g/mol. The van der Waals surface area contributed by atoms with E-state index >= 15 is 0 Å².